The Morgan fingerprint density at radius 2 is 1.92 bits per heavy atom. The van der Waals surface area contributed by atoms with Gasteiger partial charge in [-0.25, -0.2) is 0 Å². The van der Waals surface area contributed by atoms with Crippen LogP contribution in [0.5, 0.6) is 0 Å². The summed E-state index contributed by atoms with van der Waals surface area (Å²) in [5.74, 6) is 1.07. The zero-order valence-electron chi connectivity index (χ0n) is 15.4. The van der Waals surface area contributed by atoms with Crippen LogP contribution in [0.1, 0.15) is 55.5 Å². The van der Waals surface area contributed by atoms with Crippen LogP contribution in [0.15, 0.2) is 35.7 Å². The van der Waals surface area contributed by atoms with E-state index in [2.05, 4.69) is 0 Å². The molecule has 1 fully saturated rings. The molecule has 1 saturated carbocycles. The summed E-state index contributed by atoms with van der Waals surface area (Å²) < 4.78 is 5.85. The topological polar surface area (TPSA) is 46.6 Å². The van der Waals surface area contributed by atoms with E-state index in [0.717, 1.165) is 29.7 Å². The Labute approximate surface area is 149 Å². The Balaban J connectivity index is 1.74. The van der Waals surface area contributed by atoms with E-state index in [9.17, 15) is 9.59 Å². The molecule has 1 aromatic rings. The van der Waals surface area contributed by atoms with Gasteiger partial charge in [0.1, 0.15) is 6.04 Å². The van der Waals surface area contributed by atoms with Crippen molar-refractivity contribution in [2.45, 2.75) is 52.0 Å². The summed E-state index contributed by atoms with van der Waals surface area (Å²) in [6, 6.07) is 7.23. The second-order valence-corrected chi connectivity index (χ2v) is 7.01. The molecule has 1 aromatic carbocycles. The van der Waals surface area contributed by atoms with Gasteiger partial charge >= 0.3 is 0 Å². The van der Waals surface area contributed by atoms with Gasteiger partial charge in [-0.3, -0.25) is 9.59 Å². The molecule has 1 aliphatic heterocycles. The molecule has 4 heteroatoms. The Morgan fingerprint density at radius 1 is 1.20 bits per heavy atom. The van der Waals surface area contributed by atoms with E-state index in [1.165, 1.54) is 12.8 Å². The average molecular weight is 341 g/mol. The highest BCUT2D eigenvalue weighted by molar-refractivity contribution is 6.06. The van der Waals surface area contributed by atoms with Crippen LogP contribution in [-0.2, 0) is 16.0 Å². The van der Waals surface area contributed by atoms with E-state index in [1.807, 2.05) is 50.1 Å². The number of rotatable bonds is 8. The molecule has 0 amide bonds. The Kier molecular flexibility index (Phi) is 5.26. The van der Waals surface area contributed by atoms with Gasteiger partial charge in [0.2, 0.25) is 5.78 Å². The first kappa shape index (κ1) is 17.7. The Morgan fingerprint density at radius 3 is 2.56 bits per heavy atom. The highest BCUT2D eigenvalue weighted by Crippen LogP contribution is 2.34. The standard InChI is InChI=1S/C21H27NO3/c1-4-15-8-6-7-9-16(15)19(23)12-18-20(24)21(17(5-2)22(18)3)25-13-14-10-11-14/h6-9,14,18H,4-5,10-13H2,1-3H3. The van der Waals surface area contributed by atoms with Gasteiger partial charge in [0.25, 0.3) is 0 Å². The summed E-state index contributed by atoms with van der Waals surface area (Å²) in [5, 5.41) is 0. The van der Waals surface area contributed by atoms with Crippen molar-refractivity contribution in [3.63, 3.8) is 0 Å². The fourth-order valence-corrected chi connectivity index (χ4v) is 3.48. The van der Waals surface area contributed by atoms with E-state index in [4.69, 9.17) is 4.74 Å². The first-order valence-electron chi connectivity index (χ1n) is 9.30. The van der Waals surface area contributed by atoms with Crippen LogP contribution >= 0.6 is 0 Å². The number of ketones is 2. The molecule has 0 saturated heterocycles. The molecule has 1 heterocycles. The molecule has 1 unspecified atom stereocenters. The first-order chi connectivity index (χ1) is 12.1. The minimum atomic E-state index is -0.443. The molecule has 134 valence electrons. The summed E-state index contributed by atoms with van der Waals surface area (Å²) >= 11 is 0. The Bertz CT molecular complexity index is 703. The normalized spacial score (nSPS) is 20.4. The van der Waals surface area contributed by atoms with Gasteiger partial charge in [-0.1, -0.05) is 38.1 Å². The molecule has 0 aromatic heterocycles. The van der Waals surface area contributed by atoms with Crippen molar-refractivity contribution in [2.24, 2.45) is 5.92 Å². The van der Waals surface area contributed by atoms with Gasteiger partial charge in [0, 0.05) is 19.0 Å². The minimum absolute atomic E-state index is 0.0292. The zero-order valence-corrected chi connectivity index (χ0v) is 15.4. The largest absolute Gasteiger partial charge is 0.488 e. The maximum Gasteiger partial charge on any atom is 0.221 e. The number of nitrogens with zero attached hydrogens (tertiary/aromatic N) is 1. The van der Waals surface area contributed by atoms with Gasteiger partial charge in [0.05, 0.1) is 12.3 Å². The van der Waals surface area contributed by atoms with Crippen molar-refractivity contribution >= 4 is 11.6 Å². The fraction of sp³-hybridized carbons (Fsp3) is 0.524. The van der Waals surface area contributed by atoms with Crippen molar-refractivity contribution < 1.29 is 14.3 Å². The van der Waals surface area contributed by atoms with Crippen molar-refractivity contribution in [3.8, 4) is 0 Å². The summed E-state index contributed by atoms with van der Waals surface area (Å²) in [6.45, 7) is 4.69. The lowest BCUT2D eigenvalue weighted by Gasteiger charge is -2.22. The van der Waals surface area contributed by atoms with E-state index in [-0.39, 0.29) is 18.0 Å². The summed E-state index contributed by atoms with van der Waals surface area (Å²) in [4.78, 5) is 27.6. The number of allylic oxidation sites excluding steroid dienone is 1. The summed E-state index contributed by atoms with van der Waals surface area (Å²) in [5.41, 5.74) is 2.69. The maximum atomic E-state index is 12.9. The number of ether oxygens (including phenoxy) is 1. The smallest absolute Gasteiger partial charge is 0.221 e. The molecule has 3 rings (SSSR count). The number of carbonyl (C=O) groups excluding carboxylic acids is 2. The van der Waals surface area contributed by atoms with Gasteiger partial charge < -0.3 is 9.64 Å². The maximum absolute atomic E-state index is 12.9. The second-order valence-electron chi connectivity index (χ2n) is 7.01. The van der Waals surface area contributed by atoms with Crippen LogP contribution < -0.4 is 0 Å². The number of hydrogen-bond acceptors (Lipinski definition) is 4. The molecule has 1 atom stereocenters. The molecule has 2 aliphatic rings. The van der Waals surface area contributed by atoms with Gasteiger partial charge in [-0.05, 0) is 37.2 Å². The van der Waals surface area contributed by atoms with E-state index >= 15 is 0 Å². The van der Waals surface area contributed by atoms with Crippen LogP contribution in [0, 0.1) is 5.92 Å². The van der Waals surface area contributed by atoms with Crippen LogP contribution in [0.25, 0.3) is 0 Å². The third-order valence-electron chi connectivity index (χ3n) is 5.25. The lowest BCUT2D eigenvalue weighted by molar-refractivity contribution is -0.120. The van der Waals surface area contributed by atoms with Gasteiger partial charge in [-0.15, -0.1) is 0 Å². The van der Waals surface area contributed by atoms with Gasteiger partial charge in [-0.2, -0.15) is 0 Å². The zero-order chi connectivity index (χ0) is 18.0. The lowest BCUT2D eigenvalue weighted by Crippen LogP contribution is -2.34. The fourth-order valence-electron chi connectivity index (χ4n) is 3.48. The highest BCUT2D eigenvalue weighted by Gasteiger charge is 2.40. The SMILES string of the molecule is CCC1=C(OCC2CC2)C(=O)C(CC(=O)c2ccccc2CC)N1C. The third kappa shape index (κ3) is 3.63. The highest BCUT2D eigenvalue weighted by atomic mass is 16.5. The third-order valence-corrected chi connectivity index (χ3v) is 5.25. The molecular weight excluding hydrogens is 314 g/mol. The second kappa shape index (κ2) is 7.42. The quantitative estimate of drug-likeness (QED) is 0.676. The van der Waals surface area contributed by atoms with E-state index < -0.39 is 6.04 Å². The molecule has 0 spiro atoms. The predicted octanol–water partition coefficient (Wildman–Crippen LogP) is 3.75. The van der Waals surface area contributed by atoms with Crippen molar-refractivity contribution in [1.82, 2.24) is 4.90 Å². The van der Waals surface area contributed by atoms with Crippen LogP contribution in [0.4, 0.5) is 0 Å². The number of hydrogen-bond donors (Lipinski definition) is 0. The monoisotopic (exact) mass is 341 g/mol. The molecule has 0 bridgehead atoms. The first-order valence-corrected chi connectivity index (χ1v) is 9.30. The van der Waals surface area contributed by atoms with Gasteiger partial charge in [0.15, 0.2) is 11.5 Å². The number of Topliss-reactive ketones (excluding diaryl/α,β-unsaturated/α-hetero) is 2. The molecule has 4 nitrogen and oxygen atoms in total. The van der Waals surface area contributed by atoms with Crippen LogP contribution in [0.3, 0.4) is 0 Å². The summed E-state index contributed by atoms with van der Waals surface area (Å²) in [7, 11) is 1.90. The lowest BCUT2D eigenvalue weighted by atomic mass is 9.96. The average Bonchev–Trinajstić information content (AvgIpc) is 3.42. The van der Waals surface area contributed by atoms with Crippen LogP contribution in [-0.4, -0.2) is 36.2 Å². The van der Waals surface area contributed by atoms with E-state index in [0.29, 0.717) is 18.3 Å². The number of aryl methyl sites for hydroxylation is 1. The van der Waals surface area contributed by atoms with Crippen molar-refractivity contribution in [1.29, 1.82) is 0 Å². The molecule has 1 aliphatic carbocycles. The number of likely N-dealkylation sites (N-methyl/N-ethyl adjacent to an activating group) is 1. The molecule has 0 N–H and O–H groups in total. The Hall–Kier alpha value is -2.10. The predicted molar refractivity (Wildman–Crippen MR) is 97.3 cm³/mol. The number of benzene rings is 1. The summed E-state index contributed by atoms with van der Waals surface area (Å²) in [6.07, 6.45) is 4.12. The van der Waals surface area contributed by atoms with Crippen molar-refractivity contribution in [2.75, 3.05) is 13.7 Å². The van der Waals surface area contributed by atoms with E-state index in [1.54, 1.807) is 0 Å². The molecular formula is C21H27NO3. The van der Waals surface area contributed by atoms with Crippen molar-refractivity contribution in [3.05, 3.63) is 46.8 Å². The molecule has 0 radical (unpaired) electrons. The minimum Gasteiger partial charge on any atom is -0.488 e. The number of carbonyl (C=O) groups is 2. The molecule has 25 heavy (non-hydrogen) atoms. The van der Waals surface area contributed by atoms with Crippen LogP contribution in [0.2, 0.25) is 0 Å².